The van der Waals surface area contributed by atoms with Gasteiger partial charge in [-0.1, -0.05) is 0 Å². The predicted molar refractivity (Wildman–Crippen MR) is 17.5 cm³/mol. The first kappa shape index (κ1) is 9.74. The smallest absolute Gasteiger partial charge is 0.473 e. The number of carboxylic acids is 2. The van der Waals surface area contributed by atoms with E-state index < -0.39 is 11.9 Å². The van der Waals surface area contributed by atoms with Crippen molar-refractivity contribution < 1.29 is 41.5 Å². The van der Waals surface area contributed by atoms with Crippen molar-refractivity contribution in [2.45, 2.75) is 0 Å². The van der Waals surface area contributed by atoms with E-state index in [0.717, 1.165) is 0 Å². The van der Waals surface area contributed by atoms with Crippen LogP contribution in [0.4, 0.5) is 0 Å². The average Bonchev–Trinajstić information content (AvgIpc) is 1.36. The molecule has 0 aromatic rings. The third kappa shape index (κ3) is 5.54. The van der Waals surface area contributed by atoms with Crippen LogP contribution in [-0.4, -0.2) is 22.2 Å². The molecular weight excluding hydrogens is 95.0 g/mol. The van der Waals surface area contributed by atoms with Crippen molar-refractivity contribution in [3.63, 3.8) is 0 Å². The number of hydrogen-bond acceptors (Lipinski definition) is 2. The quantitative estimate of drug-likeness (QED) is 0.243. The molecule has 34 valence electrons. The molecule has 0 fully saturated rings. The van der Waals surface area contributed by atoms with Crippen LogP contribution in [0.25, 0.3) is 0 Å². The minimum absolute atomic E-state index is 0. The number of aliphatic carboxylic acids is 2. The molecule has 0 bridgehead atoms. The van der Waals surface area contributed by atoms with E-state index in [1.54, 1.807) is 0 Å². The van der Waals surface area contributed by atoms with Crippen molar-refractivity contribution in [2.75, 3.05) is 0 Å². The first-order valence-electron chi connectivity index (χ1n) is 1.11. The number of hydrogen-bond donors (Lipinski definition) is 2. The summed E-state index contributed by atoms with van der Waals surface area (Å²) in [5.41, 5.74) is 0. The molecule has 0 aliphatic heterocycles. The monoisotopic (exact) mass is 99.0 g/mol. The number of carbonyl (C=O) groups is 2. The van der Waals surface area contributed by atoms with Crippen molar-refractivity contribution in [1.29, 1.82) is 0 Å². The summed E-state index contributed by atoms with van der Waals surface area (Å²) in [6.07, 6.45) is 0. The molecule has 5 heteroatoms. The van der Waals surface area contributed by atoms with E-state index in [2.05, 4.69) is 0 Å². The van der Waals surface area contributed by atoms with Gasteiger partial charge in [0.05, 0.1) is 0 Å². The standard InChI is InChI=1S/C2H2O4.Li/c3-1(4)2(5)6;/h(H,3,4)(H,5,6);/q;+1/p+2. The predicted octanol–water partition coefficient (Wildman–Crippen LogP) is -3.62. The molecule has 0 spiro atoms. The molecule has 2 N–H and O–H groups in total. The topological polar surface area (TPSA) is 74.6 Å². The number of carboxylic acid groups (broad SMARTS) is 2. The Morgan fingerprint density at radius 3 is 1.29 bits per heavy atom. The SMILES string of the molecule is O=C(O)C(=O)O.[H+].[H+].[Li+]. The van der Waals surface area contributed by atoms with Gasteiger partial charge in [0.2, 0.25) is 0 Å². The Morgan fingerprint density at radius 1 is 1.14 bits per heavy atom. The number of rotatable bonds is 0. The van der Waals surface area contributed by atoms with E-state index in [1.807, 2.05) is 0 Å². The van der Waals surface area contributed by atoms with E-state index >= 15 is 0 Å². The Bertz CT molecular complexity index is 82.6. The van der Waals surface area contributed by atoms with Crippen molar-refractivity contribution in [1.82, 2.24) is 0 Å². The van der Waals surface area contributed by atoms with Crippen LogP contribution in [0.15, 0.2) is 0 Å². The van der Waals surface area contributed by atoms with Crippen LogP contribution in [-0.2, 0) is 9.59 Å². The summed E-state index contributed by atoms with van der Waals surface area (Å²) < 4.78 is 0. The largest absolute Gasteiger partial charge is 1.00 e. The van der Waals surface area contributed by atoms with E-state index in [0.29, 0.717) is 0 Å². The van der Waals surface area contributed by atoms with Gasteiger partial charge >= 0.3 is 33.7 Å². The van der Waals surface area contributed by atoms with Gasteiger partial charge in [-0.15, -0.1) is 0 Å². The van der Waals surface area contributed by atoms with Gasteiger partial charge in [0.1, 0.15) is 0 Å². The van der Waals surface area contributed by atoms with Crippen molar-refractivity contribution in [3.05, 3.63) is 0 Å². The van der Waals surface area contributed by atoms with Crippen LogP contribution in [0, 0.1) is 0 Å². The molecule has 0 aliphatic carbocycles. The molecule has 0 heterocycles. The fourth-order valence-corrected chi connectivity index (χ4v) is 0. The van der Waals surface area contributed by atoms with Crippen LogP contribution in [0.5, 0.6) is 0 Å². The van der Waals surface area contributed by atoms with Crippen LogP contribution < -0.4 is 18.9 Å². The van der Waals surface area contributed by atoms with Crippen molar-refractivity contribution >= 4 is 11.9 Å². The summed E-state index contributed by atoms with van der Waals surface area (Å²) >= 11 is 0. The summed E-state index contributed by atoms with van der Waals surface area (Å²) in [6.45, 7) is 0. The van der Waals surface area contributed by atoms with E-state index in [1.165, 1.54) is 0 Å². The molecule has 0 saturated carbocycles. The van der Waals surface area contributed by atoms with E-state index in [4.69, 9.17) is 19.8 Å². The zero-order valence-corrected chi connectivity index (χ0v) is 3.71. The van der Waals surface area contributed by atoms with Gasteiger partial charge in [0.15, 0.2) is 0 Å². The second-order valence-corrected chi connectivity index (χ2v) is 0.610. The Morgan fingerprint density at radius 2 is 1.29 bits per heavy atom. The summed E-state index contributed by atoms with van der Waals surface area (Å²) in [6, 6.07) is 0. The van der Waals surface area contributed by atoms with Crippen LogP contribution in [0.3, 0.4) is 0 Å². The zero-order chi connectivity index (χ0) is 5.15. The molecule has 0 aromatic carbocycles. The molecule has 0 atom stereocenters. The molecular formula is C2H4LiO4+3. The first-order valence-corrected chi connectivity index (χ1v) is 1.11. The molecule has 0 unspecified atom stereocenters. The Balaban J connectivity index is -0.0000000417. The molecule has 0 radical (unpaired) electrons. The maximum absolute atomic E-state index is 9.10. The fourth-order valence-electron chi connectivity index (χ4n) is 0. The molecule has 0 rings (SSSR count). The van der Waals surface area contributed by atoms with Crippen LogP contribution in [0.2, 0.25) is 0 Å². The summed E-state index contributed by atoms with van der Waals surface area (Å²) in [5, 5.41) is 14.8. The maximum Gasteiger partial charge on any atom is 1.00 e. The second kappa shape index (κ2) is 3.72. The van der Waals surface area contributed by atoms with Crippen LogP contribution in [0.1, 0.15) is 2.85 Å². The van der Waals surface area contributed by atoms with Gasteiger partial charge in [-0.2, -0.15) is 0 Å². The molecule has 0 aromatic heterocycles. The Labute approximate surface area is 54.3 Å². The van der Waals surface area contributed by atoms with E-state index in [-0.39, 0.29) is 21.7 Å². The maximum atomic E-state index is 9.10. The van der Waals surface area contributed by atoms with Gasteiger partial charge in [0, 0.05) is 0 Å². The summed E-state index contributed by atoms with van der Waals surface area (Å²) in [7, 11) is 0. The molecule has 0 amide bonds. The van der Waals surface area contributed by atoms with E-state index in [9.17, 15) is 0 Å². The minimum Gasteiger partial charge on any atom is -0.473 e. The van der Waals surface area contributed by atoms with Gasteiger partial charge in [-0.3, -0.25) is 0 Å². The summed E-state index contributed by atoms with van der Waals surface area (Å²) in [4.78, 5) is 18.2. The van der Waals surface area contributed by atoms with Crippen LogP contribution >= 0.6 is 0 Å². The summed E-state index contributed by atoms with van der Waals surface area (Å²) in [5.74, 6) is -3.65. The third-order valence-electron chi connectivity index (χ3n) is 0.183. The average molecular weight is 99.0 g/mol. The van der Waals surface area contributed by atoms with Gasteiger partial charge in [-0.05, 0) is 0 Å². The second-order valence-electron chi connectivity index (χ2n) is 0.610. The van der Waals surface area contributed by atoms with Gasteiger partial charge in [-0.25, -0.2) is 9.59 Å². The minimum atomic E-state index is -1.82. The van der Waals surface area contributed by atoms with Crippen molar-refractivity contribution in [2.24, 2.45) is 0 Å². The Hall–Kier alpha value is -0.463. The Kier molecular flexibility index (Phi) is 5.17. The van der Waals surface area contributed by atoms with Gasteiger partial charge < -0.3 is 10.2 Å². The van der Waals surface area contributed by atoms with Crippen molar-refractivity contribution in [3.8, 4) is 0 Å². The van der Waals surface area contributed by atoms with Gasteiger partial charge in [0.25, 0.3) is 0 Å². The first-order chi connectivity index (χ1) is 2.64. The molecule has 0 saturated heterocycles. The zero-order valence-electron chi connectivity index (χ0n) is 5.71. The normalized spacial score (nSPS) is 6.29. The molecule has 7 heavy (non-hydrogen) atoms. The molecule has 4 nitrogen and oxygen atoms in total. The molecule has 0 aliphatic rings. The third-order valence-corrected chi connectivity index (χ3v) is 0.183. The fraction of sp³-hybridized carbons (Fsp3) is 0.